The van der Waals surface area contributed by atoms with Gasteiger partial charge in [0.15, 0.2) is 0 Å². The molecule has 0 aliphatic heterocycles. The molecule has 1 amide bonds. The number of rotatable bonds is 9. The fourth-order valence-electron chi connectivity index (χ4n) is 1.48. The Kier molecular flexibility index (Phi) is 7.45. The zero-order valence-electron chi connectivity index (χ0n) is 11.6. The highest BCUT2D eigenvalue weighted by molar-refractivity contribution is 7.72. The Bertz CT molecular complexity index is 457. The van der Waals surface area contributed by atoms with Crippen molar-refractivity contribution in [2.45, 2.75) is 37.7 Å². The maximum atomic E-state index is 11.1. The molecule has 0 atom stereocenters. The summed E-state index contributed by atoms with van der Waals surface area (Å²) < 4.78 is 22.1. The third-order valence-electron chi connectivity index (χ3n) is 2.80. The average Bonchev–Trinajstić information content (AvgIpc) is 2.29. The Morgan fingerprint density at radius 1 is 1.10 bits per heavy atom. The van der Waals surface area contributed by atoms with Crippen LogP contribution in [0.25, 0.3) is 0 Å². The maximum absolute atomic E-state index is 11.1. The molecular weight excluding hydrogens is 324 g/mol. The molecule has 0 aliphatic carbocycles. The van der Waals surface area contributed by atoms with E-state index in [1.165, 1.54) is 6.92 Å². The average molecular weight is 345 g/mol. The van der Waals surface area contributed by atoms with Gasteiger partial charge in [-0.25, -0.2) is 0 Å². The monoisotopic (exact) mass is 345 g/mol. The van der Waals surface area contributed by atoms with Crippen molar-refractivity contribution in [1.29, 1.82) is 0 Å². The number of nitrogens with one attached hydrogen (secondary N) is 1. The molecule has 0 aromatic rings. The van der Waals surface area contributed by atoms with Crippen molar-refractivity contribution < 1.29 is 38.6 Å². The Balaban J connectivity index is 4.32. The highest BCUT2D eigenvalue weighted by Crippen LogP contribution is 2.69. The van der Waals surface area contributed by atoms with E-state index in [0.717, 1.165) is 0 Å². The molecule has 6 N–H and O–H groups in total. The molecule has 9 nitrogen and oxygen atoms in total. The third kappa shape index (κ3) is 6.00. The molecule has 0 saturated carbocycles. The molecule has 0 aromatic carbocycles. The normalized spacial score (nSPS) is 13.0. The van der Waals surface area contributed by atoms with Crippen molar-refractivity contribution in [3.8, 4) is 0 Å². The summed E-state index contributed by atoms with van der Waals surface area (Å²) in [4.78, 5) is 46.8. The molecule has 0 aromatic heterocycles. The number of amides is 1. The molecule has 21 heavy (non-hydrogen) atoms. The SMILES string of the molecule is C=C(C)C(=O)NCCCCCC(O)(P(=O)(O)O)P(=O)(O)O. The molecular formula is C10H21NO8P2. The van der Waals surface area contributed by atoms with Gasteiger partial charge < -0.3 is 30.0 Å². The summed E-state index contributed by atoms with van der Waals surface area (Å²) >= 11 is 0. The van der Waals surface area contributed by atoms with E-state index in [-0.39, 0.29) is 18.9 Å². The number of aliphatic hydroxyl groups is 1. The Morgan fingerprint density at radius 2 is 1.57 bits per heavy atom. The minimum Gasteiger partial charge on any atom is -0.368 e. The van der Waals surface area contributed by atoms with Gasteiger partial charge in [0.05, 0.1) is 0 Å². The van der Waals surface area contributed by atoms with E-state index < -0.39 is 26.7 Å². The molecule has 0 radical (unpaired) electrons. The number of unbranched alkanes of at least 4 members (excludes halogenated alkanes) is 2. The van der Waals surface area contributed by atoms with E-state index in [2.05, 4.69) is 11.9 Å². The van der Waals surface area contributed by atoms with Gasteiger partial charge in [0, 0.05) is 12.1 Å². The molecule has 0 aliphatic rings. The fraction of sp³-hybridized carbons (Fsp3) is 0.700. The van der Waals surface area contributed by atoms with Crippen LogP contribution in [-0.2, 0) is 13.9 Å². The van der Waals surface area contributed by atoms with Crippen molar-refractivity contribution >= 4 is 21.1 Å². The van der Waals surface area contributed by atoms with Gasteiger partial charge in [-0.15, -0.1) is 0 Å². The summed E-state index contributed by atoms with van der Waals surface area (Å²) in [6.45, 7) is 5.26. The Morgan fingerprint density at radius 3 is 1.95 bits per heavy atom. The third-order valence-corrected chi connectivity index (χ3v) is 6.67. The lowest BCUT2D eigenvalue weighted by Crippen LogP contribution is -2.28. The zero-order chi connectivity index (χ0) is 16.9. The summed E-state index contributed by atoms with van der Waals surface area (Å²) in [6, 6.07) is 0. The van der Waals surface area contributed by atoms with Crippen LogP contribution in [0.2, 0.25) is 0 Å². The van der Waals surface area contributed by atoms with Crippen molar-refractivity contribution in [2.24, 2.45) is 0 Å². The van der Waals surface area contributed by atoms with E-state index in [4.69, 9.17) is 19.6 Å². The van der Waals surface area contributed by atoms with Crippen molar-refractivity contribution in [1.82, 2.24) is 5.32 Å². The van der Waals surface area contributed by atoms with Gasteiger partial charge in [-0.2, -0.15) is 0 Å². The number of hydrogen-bond acceptors (Lipinski definition) is 4. The lowest BCUT2D eigenvalue weighted by molar-refractivity contribution is -0.117. The first-order chi connectivity index (χ1) is 9.33. The minimum absolute atomic E-state index is 0.0182. The number of carbonyl (C=O) groups is 1. The van der Waals surface area contributed by atoms with E-state index in [1.54, 1.807) is 0 Å². The molecule has 124 valence electrons. The van der Waals surface area contributed by atoms with Crippen LogP contribution in [0.1, 0.15) is 32.6 Å². The van der Waals surface area contributed by atoms with E-state index in [1.807, 2.05) is 0 Å². The molecule has 0 fully saturated rings. The second-order valence-corrected chi connectivity index (χ2v) is 8.72. The van der Waals surface area contributed by atoms with Gasteiger partial charge in [-0.05, 0) is 26.2 Å². The molecule has 0 unspecified atom stereocenters. The van der Waals surface area contributed by atoms with Crippen LogP contribution < -0.4 is 5.32 Å². The standard InChI is InChI=1S/C10H21NO8P2/c1-8(2)9(12)11-7-5-3-4-6-10(13,20(14,15)16)21(17,18)19/h13H,1,3-7H2,2H3,(H,11,12)(H2,14,15,16)(H2,17,18,19). The lowest BCUT2D eigenvalue weighted by Gasteiger charge is -2.29. The molecule has 0 bridgehead atoms. The van der Waals surface area contributed by atoms with Crippen LogP contribution in [-0.4, -0.2) is 42.2 Å². The first-order valence-corrected chi connectivity index (χ1v) is 9.33. The van der Waals surface area contributed by atoms with E-state index >= 15 is 0 Å². The fourth-order valence-corrected chi connectivity index (χ4v) is 3.73. The maximum Gasteiger partial charge on any atom is 0.369 e. The van der Waals surface area contributed by atoms with Gasteiger partial charge in [0.25, 0.3) is 5.08 Å². The van der Waals surface area contributed by atoms with E-state index in [0.29, 0.717) is 18.4 Å². The van der Waals surface area contributed by atoms with Crippen LogP contribution in [0.4, 0.5) is 0 Å². The first kappa shape index (κ1) is 20.5. The molecule has 0 spiro atoms. The molecule has 0 saturated heterocycles. The number of carbonyl (C=O) groups excluding carboxylic acids is 1. The molecule has 0 heterocycles. The van der Waals surface area contributed by atoms with Crippen molar-refractivity contribution in [3.63, 3.8) is 0 Å². The second-order valence-electron chi connectivity index (χ2n) is 4.71. The predicted molar refractivity (Wildman–Crippen MR) is 75.3 cm³/mol. The van der Waals surface area contributed by atoms with Gasteiger partial charge in [-0.3, -0.25) is 13.9 Å². The summed E-state index contributed by atoms with van der Waals surface area (Å²) in [7, 11) is -10.8. The van der Waals surface area contributed by atoms with Crippen molar-refractivity contribution in [2.75, 3.05) is 6.54 Å². The van der Waals surface area contributed by atoms with Gasteiger partial charge in [-0.1, -0.05) is 13.0 Å². The smallest absolute Gasteiger partial charge is 0.368 e. The summed E-state index contributed by atoms with van der Waals surface area (Å²) in [6.07, 6.45) is -0.0121. The Hall–Kier alpha value is -0.530. The van der Waals surface area contributed by atoms with Gasteiger partial charge >= 0.3 is 15.2 Å². The molecule has 11 heteroatoms. The molecule has 0 rings (SSSR count). The second kappa shape index (κ2) is 7.65. The van der Waals surface area contributed by atoms with Crippen LogP contribution >= 0.6 is 15.2 Å². The predicted octanol–water partition coefficient (Wildman–Crippen LogP) is 0.241. The van der Waals surface area contributed by atoms with Crippen LogP contribution in [0.15, 0.2) is 12.2 Å². The van der Waals surface area contributed by atoms with Crippen LogP contribution in [0, 0.1) is 0 Å². The quantitative estimate of drug-likeness (QED) is 0.196. The summed E-state index contributed by atoms with van der Waals surface area (Å²) in [5.74, 6) is -0.322. The van der Waals surface area contributed by atoms with Crippen LogP contribution in [0.5, 0.6) is 0 Å². The topological polar surface area (TPSA) is 164 Å². The summed E-state index contributed by atoms with van der Waals surface area (Å²) in [5.41, 5.74) is 0.340. The highest BCUT2D eigenvalue weighted by Gasteiger charge is 2.58. The first-order valence-electron chi connectivity index (χ1n) is 6.10. The summed E-state index contributed by atoms with van der Waals surface area (Å²) in [5, 5.41) is 8.77. The van der Waals surface area contributed by atoms with Crippen LogP contribution in [0.3, 0.4) is 0 Å². The van der Waals surface area contributed by atoms with Gasteiger partial charge in [0.1, 0.15) is 0 Å². The zero-order valence-corrected chi connectivity index (χ0v) is 13.4. The van der Waals surface area contributed by atoms with Gasteiger partial charge in [0.2, 0.25) is 5.91 Å². The Labute approximate surface area is 122 Å². The largest absolute Gasteiger partial charge is 0.369 e. The minimum atomic E-state index is -5.38. The number of hydrogen-bond donors (Lipinski definition) is 6. The lowest BCUT2D eigenvalue weighted by atomic mass is 10.2. The van der Waals surface area contributed by atoms with Crippen molar-refractivity contribution in [3.05, 3.63) is 12.2 Å². The highest BCUT2D eigenvalue weighted by atomic mass is 31.2. The van der Waals surface area contributed by atoms with E-state index in [9.17, 15) is 19.0 Å².